The first-order valence-corrected chi connectivity index (χ1v) is 4.86. The van der Waals surface area contributed by atoms with E-state index in [2.05, 4.69) is 29.1 Å². The molecule has 2 heteroatoms. The second-order valence-electron chi connectivity index (χ2n) is 3.37. The molecule has 0 aliphatic carbocycles. The van der Waals surface area contributed by atoms with Gasteiger partial charge in [0.25, 0.3) is 0 Å². The monoisotopic (exact) mass is 199 g/mol. The lowest BCUT2D eigenvalue weighted by Gasteiger charge is -2.03. The van der Waals surface area contributed by atoms with Crippen LogP contribution in [-0.2, 0) is 11.4 Å². The third-order valence-corrected chi connectivity index (χ3v) is 2.31. The zero-order valence-electron chi connectivity index (χ0n) is 8.39. The minimum absolute atomic E-state index is 0.453. The van der Waals surface area contributed by atoms with Crippen molar-refractivity contribution in [2.45, 2.75) is 6.61 Å². The molecule has 2 nitrogen and oxygen atoms in total. The molecule has 2 rings (SSSR count). The maximum atomic E-state index is 5.01. The number of benzene rings is 2. The Morgan fingerprint density at radius 3 is 2.00 bits per heavy atom. The summed E-state index contributed by atoms with van der Waals surface area (Å²) in [4.78, 5) is 4.57. The molecule has 0 radical (unpaired) electrons. The Morgan fingerprint density at radius 1 is 0.800 bits per heavy atom. The highest BCUT2D eigenvalue weighted by atomic mass is 16.6. The lowest BCUT2D eigenvalue weighted by Crippen LogP contribution is -1.98. The van der Waals surface area contributed by atoms with E-state index in [1.807, 2.05) is 30.3 Å². The predicted molar refractivity (Wildman–Crippen MR) is 60.9 cm³/mol. The van der Waals surface area contributed by atoms with E-state index in [1.165, 1.54) is 11.1 Å². The van der Waals surface area contributed by atoms with Gasteiger partial charge in [0.15, 0.2) is 0 Å². The molecule has 0 saturated carbocycles. The van der Waals surface area contributed by atoms with Crippen LogP contribution >= 0.6 is 0 Å². The molecular formula is C13H13NO. The van der Waals surface area contributed by atoms with Gasteiger partial charge in [-0.3, -0.25) is 4.84 Å². The molecule has 0 saturated heterocycles. The first kappa shape index (κ1) is 9.90. The van der Waals surface area contributed by atoms with Crippen molar-refractivity contribution < 1.29 is 4.84 Å². The van der Waals surface area contributed by atoms with E-state index in [0.717, 1.165) is 5.56 Å². The summed E-state index contributed by atoms with van der Waals surface area (Å²) in [6.45, 7) is 0.453. The second kappa shape index (κ2) is 4.73. The smallest absolute Gasteiger partial charge is 0.0930 e. The molecule has 0 aliphatic rings. The second-order valence-corrected chi connectivity index (χ2v) is 3.37. The molecule has 0 spiro atoms. The highest BCUT2D eigenvalue weighted by Crippen LogP contribution is 2.19. The van der Waals surface area contributed by atoms with Crippen LogP contribution in [-0.4, -0.2) is 0 Å². The van der Waals surface area contributed by atoms with Crippen LogP contribution in [0, 0.1) is 0 Å². The largest absolute Gasteiger partial charge is 0.300 e. The fraction of sp³-hybridized carbons (Fsp3) is 0.0769. The van der Waals surface area contributed by atoms with Crippen molar-refractivity contribution in [1.82, 2.24) is 0 Å². The van der Waals surface area contributed by atoms with Gasteiger partial charge >= 0.3 is 0 Å². The molecular weight excluding hydrogens is 186 g/mol. The maximum absolute atomic E-state index is 5.01. The van der Waals surface area contributed by atoms with Crippen LogP contribution in [0.4, 0.5) is 0 Å². The molecule has 2 aromatic rings. The highest BCUT2D eigenvalue weighted by Gasteiger charge is 1.96. The summed E-state index contributed by atoms with van der Waals surface area (Å²) in [6, 6.07) is 18.5. The van der Waals surface area contributed by atoms with Gasteiger partial charge in [-0.25, -0.2) is 5.90 Å². The standard InChI is InChI=1S/C13H13NO/c14-15-10-11-6-8-13(9-7-11)12-4-2-1-3-5-12/h1-9H,10,14H2. The van der Waals surface area contributed by atoms with Crippen LogP contribution in [0.1, 0.15) is 5.56 Å². The molecule has 0 aliphatic heterocycles. The number of hydrogen-bond acceptors (Lipinski definition) is 2. The summed E-state index contributed by atoms with van der Waals surface area (Å²) in [5, 5.41) is 0. The fourth-order valence-corrected chi connectivity index (χ4v) is 1.52. The Hall–Kier alpha value is -1.64. The van der Waals surface area contributed by atoms with Crippen molar-refractivity contribution in [3.8, 4) is 11.1 Å². The van der Waals surface area contributed by atoms with E-state index in [1.54, 1.807) is 0 Å². The molecule has 76 valence electrons. The molecule has 0 atom stereocenters. The predicted octanol–water partition coefficient (Wildman–Crippen LogP) is 2.74. The van der Waals surface area contributed by atoms with Crippen LogP contribution in [0.3, 0.4) is 0 Å². The average molecular weight is 199 g/mol. The Labute approximate surface area is 89.3 Å². The average Bonchev–Trinajstić information content (AvgIpc) is 2.32. The molecule has 2 aromatic carbocycles. The van der Waals surface area contributed by atoms with Crippen LogP contribution < -0.4 is 5.90 Å². The van der Waals surface area contributed by atoms with Gasteiger partial charge in [-0.05, 0) is 16.7 Å². The summed E-state index contributed by atoms with van der Waals surface area (Å²) < 4.78 is 0. The molecule has 0 heterocycles. The number of nitrogens with two attached hydrogens (primary N) is 1. The van der Waals surface area contributed by atoms with Gasteiger partial charge in [0.2, 0.25) is 0 Å². The molecule has 0 fully saturated rings. The maximum Gasteiger partial charge on any atom is 0.0930 e. The summed E-state index contributed by atoms with van der Waals surface area (Å²) >= 11 is 0. The van der Waals surface area contributed by atoms with Crippen molar-refractivity contribution in [2.75, 3.05) is 0 Å². The minimum atomic E-state index is 0.453. The molecule has 0 aromatic heterocycles. The first-order chi connectivity index (χ1) is 7.40. The number of hydrogen-bond donors (Lipinski definition) is 1. The van der Waals surface area contributed by atoms with Crippen molar-refractivity contribution in [3.05, 3.63) is 60.2 Å². The van der Waals surface area contributed by atoms with Gasteiger partial charge in [0, 0.05) is 0 Å². The fourth-order valence-electron chi connectivity index (χ4n) is 1.52. The topological polar surface area (TPSA) is 35.2 Å². The SMILES string of the molecule is NOCc1ccc(-c2ccccc2)cc1. The van der Waals surface area contributed by atoms with E-state index in [4.69, 9.17) is 5.90 Å². The summed E-state index contributed by atoms with van der Waals surface area (Å²) in [5.41, 5.74) is 3.51. The lowest BCUT2D eigenvalue weighted by atomic mass is 10.0. The van der Waals surface area contributed by atoms with E-state index in [9.17, 15) is 0 Å². The van der Waals surface area contributed by atoms with Gasteiger partial charge in [-0.15, -0.1) is 0 Å². The molecule has 0 bridgehead atoms. The van der Waals surface area contributed by atoms with Gasteiger partial charge in [-0.2, -0.15) is 0 Å². The third kappa shape index (κ3) is 2.43. The van der Waals surface area contributed by atoms with E-state index in [0.29, 0.717) is 6.61 Å². The van der Waals surface area contributed by atoms with Gasteiger partial charge in [0.05, 0.1) is 6.61 Å². The minimum Gasteiger partial charge on any atom is -0.300 e. The highest BCUT2D eigenvalue weighted by molar-refractivity contribution is 5.63. The van der Waals surface area contributed by atoms with Crippen LogP contribution in [0.15, 0.2) is 54.6 Å². The zero-order chi connectivity index (χ0) is 10.5. The van der Waals surface area contributed by atoms with Crippen molar-refractivity contribution in [3.63, 3.8) is 0 Å². The summed E-state index contributed by atoms with van der Waals surface area (Å²) in [7, 11) is 0. The molecule has 2 N–H and O–H groups in total. The Bertz CT molecular complexity index is 408. The van der Waals surface area contributed by atoms with E-state index < -0.39 is 0 Å². The van der Waals surface area contributed by atoms with Crippen molar-refractivity contribution in [1.29, 1.82) is 0 Å². The Kier molecular flexibility index (Phi) is 3.12. The van der Waals surface area contributed by atoms with Crippen molar-refractivity contribution in [2.24, 2.45) is 5.90 Å². The van der Waals surface area contributed by atoms with E-state index in [-0.39, 0.29) is 0 Å². The lowest BCUT2D eigenvalue weighted by molar-refractivity contribution is 0.124. The summed E-state index contributed by atoms with van der Waals surface area (Å²) in [6.07, 6.45) is 0. The number of rotatable bonds is 3. The normalized spacial score (nSPS) is 10.2. The zero-order valence-corrected chi connectivity index (χ0v) is 8.39. The molecule has 15 heavy (non-hydrogen) atoms. The molecule has 0 amide bonds. The molecule has 0 unspecified atom stereocenters. The Morgan fingerprint density at radius 2 is 1.40 bits per heavy atom. The van der Waals surface area contributed by atoms with E-state index >= 15 is 0 Å². The Balaban J connectivity index is 2.24. The van der Waals surface area contributed by atoms with Gasteiger partial charge in [0.1, 0.15) is 0 Å². The first-order valence-electron chi connectivity index (χ1n) is 4.86. The van der Waals surface area contributed by atoms with Crippen LogP contribution in [0.2, 0.25) is 0 Å². The van der Waals surface area contributed by atoms with Crippen molar-refractivity contribution >= 4 is 0 Å². The van der Waals surface area contributed by atoms with Gasteiger partial charge in [-0.1, -0.05) is 54.6 Å². The quantitative estimate of drug-likeness (QED) is 0.771. The van der Waals surface area contributed by atoms with Gasteiger partial charge < -0.3 is 0 Å². The van der Waals surface area contributed by atoms with Crippen LogP contribution in [0.25, 0.3) is 11.1 Å². The summed E-state index contributed by atoms with van der Waals surface area (Å²) in [5.74, 6) is 5.01. The third-order valence-electron chi connectivity index (χ3n) is 2.31. The van der Waals surface area contributed by atoms with Crippen LogP contribution in [0.5, 0.6) is 0 Å².